The van der Waals surface area contributed by atoms with Crippen LogP contribution in [0.3, 0.4) is 0 Å². The van der Waals surface area contributed by atoms with Gasteiger partial charge in [0.25, 0.3) is 0 Å². The van der Waals surface area contributed by atoms with Crippen LogP contribution in [0.2, 0.25) is 0 Å². The molecule has 1 aliphatic rings. The number of ether oxygens (including phenoxy) is 3. The van der Waals surface area contributed by atoms with Crippen LogP contribution in [-0.2, 0) is 9.47 Å². The summed E-state index contributed by atoms with van der Waals surface area (Å²) in [5.74, 6) is -2.95. The quantitative estimate of drug-likeness (QED) is 0.486. The lowest BCUT2D eigenvalue weighted by Gasteiger charge is -2.29. The molecule has 1 heterocycles. The van der Waals surface area contributed by atoms with E-state index in [-0.39, 0.29) is 35.7 Å². The lowest BCUT2D eigenvalue weighted by Crippen LogP contribution is -2.27. The maximum Gasteiger partial charge on any atom is 0.201 e. The first kappa shape index (κ1) is 21.7. The van der Waals surface area contributed by atoms with E-state index in [9.17, 15) is 13.2 Å². The highest BCUT2D eigenvalue weighted by molar-refractivity contribution is 5.66. The third kappa shape index (κ3) is 5.11. The fourth-order valence-corrected chi connectivity index (χ4v) is 3.49. The molecule has 0 amide bonds. The lowest BCUT2D eigenvalue weighted by molar-refractivity contribution is -0.167. The van der Waals surface area contributed by atoms with Crippen molar-refractivity contribution in [2.24, 2.45) is 0 Å². The number of hydrogen-bond donors (Lipinski definition) is 0. The minimum atomic E-state index is -1.12. The number of halogens is 3. The van der Waals surface area contributed by atoms with Gasteiger partial charge in [-0.05, 0) is 49.9 Å². The van der Waals surface area contributed by atoms with Gasteiger partial charge in [-0.15, -0.1) is 0 Å². The van der Waals surface area contributed by atoms with Crippen molar-refractivity contribution in [2.75, 3.05) is 19.8 Å². The summed E-state index contributed by atoms with van der Waals surface area (Å²) in [5.41, 5.74) is 0.676. The summed E-state index contributed by atoms with van der Waals surface area (Å²) < 4.78 is 59.8. The van der Waals surface area contributed by atoms with E-state index in [1.54, 1.807) is 13.0 Å². The van der Waals surface area contributed by atoms with Crippen LogP contribution in [-0.4, -0.2) is 26.1 Å². The minimum Gasteiger partial charge on any atom is -0.491 e. The Balaban J connectivity index is 1.71. The Morgan fingerprint density at radius 3 is 2.45 bits per heavy atom. The van der Waals surface area contributed by atoms with Crippen LogP contribution in [0.15, 0.2) is 30.3 Å². The van der Waals surface area contributed by atoms with Gasteiger partial charge in [0.2, 0.25) is 5.82 Å². The maximum atomic E-state index is 14.7. The Hall–Kier alpha value is -2.05. The zero-order valence-corrected chi connectivity index (χ0v) is 16.8. The van der Waals surface area contributed by atoms with Gasteiger partial charge in [-0.1, -0.05) is 25.5 Å². The molecule has 0 radical (unpaired) electrons. The molecule has 1 aliphatic heterocycles. The second-order valence-electron chi connectivity index (χ2n) is 7.17. The number of hydrogen-bond acceptors (Lipinski definition) is 3. The van der Waals surface area contributed by atoms with Gasteiger partial charge in [-0.25, -0.2) is 8.78 Å². The first-order chi connectivity index (χ1) is 14.0. The first-order valence-corrected chi connectivity index (χ1v) is 10.2. The molecule has 2 aromatic rings. The van der Waals surface area contributed by atoms with Crippen molar-refractivity contribution in [3.05, 3.63) is 53.3 Å². The van der Waals surface area contributed by atoms with Crippen molar-refractivity contribution in [3.63, 3.8) is 0 Å². The smallest absolute Gasteiger partial charge is 0.201 e. The lowest BCUT2D eigenvalue weighted by atomic mass is 9.91. The van der Waals surface area contributed by atoms with Crippen molar-refractivity contribution in [1.82, 2.24) is 0 Å². The van der Waals surface area contributed by atoms with E-state index in [2.05, 4.69) is 6.92 Å². The largest absolute Gasteiger partial charge is 0.491 e. The molecule has 2 atom stereocenters. The molecule has 29 heavy (non-hydrogen) atoms. The summed E-state index contributed by atoms with van der Waals surface area (Å²) in [5, 5.41) is 0. The van der Waals surface area contributed by atoms with Crippen LogP contribution in [0.1, 0.15) is 51.0 Å². The summed E-state index contributed by atoms with van der Waals surface area (Å²) in [7, 11) is 0. The minimum absolute atomic E-state index is 0.0192. The molecule has 0 saturated carbocycles. The fraction of sp³-hybridized carbons (Fsp3) is 0.478. The number of rotatable bonds is 8. The highest BCUT2D eigenvalue weighted by Crippen LogP contribution is 2.34. The first-order valence-electron chi connectivity index (χ1n) is 10.2. The standard InChI is InChI=1S/C23H27F3O3/c1-3-5-12-28-21-11-7-16(14-29-21)15-6-8-17(19(24)13-15)18-9-10-20(27-4-2)23(26)22(18)25/h6,8-10,13,16,21H,3-5,7,11-12,14H2,1-2H3. The number of unbranched alkanes of at least 4 members (excludes halogenated alkanes) is 1. The topological polar surface area (TPSA) is 27.7 Å². The number of benzene rings is 2. The average molecular weight is 408 g/mol. The molecule has 1 saturated heterocycles. The molecular formula is C23H27F3O3. The van der Waals surface area contributed by atoms with Crippen LogP contribution in [0.4, 0.5) is 13.2 Å². The van der Waals surface area contributed by atoms with Crippen LogP contribution in [0.5, 0.6) is 5.75 Å². The normalized spacial score (nSPS) is 19.3. The second-order valence-corrected chi connectivity index (χ2v) is 7.17. The van der Waals surface area contributed by atoms with Gasteiger partial charge in [0.15, 0.2) is 17.9 Å². The highest BCUT2D eigenvalue weighted by Gasteiger charge is 2.25. The van der Waals surface area contributed by atoms with Gasteiger partial charge in [0.05, 0.1) is 13.2 Å². The molecule has 0 N–H and O–H groups in total. The zero-order chi connectivity index (χ0) is 20.8. The summed E-state index contributed by atoms with van der Waals surface area (Å²) in [6.45, 7) is 5.12. The third-order valence-electron chi connectivity index (χ3n) is 5.14. The molecule has 0 spiro atoms. The van der Waals surface area contributed by atoms with E-state index < -0.39 is 17.5 Å². The Labute approximate surface area is 169 Å². The van der Waals surface area contributed by atoms with Gasteiger partial charge in [-0.2, -0.15) is 4.39 Å². The third-order valence-corrected chi connectivity index (χ3v) is 5.14. The van der Waals surface area contributed by atoms with Crippen molar-refractivity contribution in [1.29, 1.82) is 0 Å². The van der Waals surface area contributed by atoms with E-state index in [1.165, 1.54) is 24.3 Å². The molecule has 0 aliphatic carbocycles. The van der Waals surface area contributed by atoms with Crippen LogP contribution >= 0.6 is 0 Å². The van der Waals surface area contributed by atoms with Gasteiger partial charge in [0.1, 0.15) is 5.82 Å². The summed E-state index contributed by atoms with van der Waals surface area (Å²) in [4.78, 5) is 0. The predicted octanol–water partition coefficient (Wildman–Crippen LogP) is 6.21. The van der Waals surface area contributed by atoms with Crippen molar-refractivity contribution < 1.29 is 27.4 Å². The summed E-state index contributed by atoms with van der Waals surface area (Å²) >= 11 is 0. The Morgan fingerprint density at radius 2 is 1.79 bits per heavy atom. The molecular weight excluding hydrogens is 381 g/mol. The molecule has 158 valence electrons. The van der Waals surface area contributed by atoms with Gasteiger partial charge >= 0.3 is 0 Å². The van der Waals surface area contributed by atoms with Crippen molar-refractivity contribution in [3.8, 4) is 16.9 Å². The fourth-order valence-electron chi connectivity index (χ4n) is 3.49. The van der Waals surface area contributed by atoms with Crippen molar-refractivity contribution in [2.45, 2.75) is 51.7 Å². The van der Waals surface area contributed by atoms with Crippen LogP contribution < -0.4 is 4.74 Å². The molecule has 0 aromatic heterocycles. The molecule has 0 bridgehead atoms. The van der Waals surface area contributed by atoms with E-state index in [1.807, 2.05) is 0 Å². The van der Waals surface area contributed by atoms with E-state index in [0.717, 1.165) is 31.2 Å². The van der Waals surface area contributed by atoms with E-state index in [0.29, 0.717) is 13.2 Å². The predicted molar refractivity (Wildman–Crippen MR) is 105 cm³/mol. The molecule has 3 rings (SSSR count). The molecule has 3 nitrogen and oxygen atoms in total. The molecule has 2 unspecified atom stereocenters. The Bertz CT molecular complexity index is 817. The Morgan fingerprint density at radius 1 is 1.00 bits per heavy atom. The van der Waals surface area contributed by atoms with Gasteiger partial charge in [0, 0.05) is 23.7 Å². The summed E-state index contributed by atoms with van der Waals surface area (Å²) in [6, 6.07) is 7.28. The maximum absolute atomic E-state index is 14.7. The zero-order valence-electron chi connectivity index (χ0n) is 16.8. The molecule has 2 aromatic carbocycles. The van der Waals surface area contributed by atoms with Gasteiger partial charge < -0.3 is 14.2 Å². The highest BCUT2D eigenvalue weighted by atomic mass is 19.2. The van der Waals surface area contributed by atoms with Gasteiger partial charge in [-0.3, -0.25) is 0 Å². The van der Waals surface area contributed by atoms with E-state index >= 15 is 0 Å². The second kappa shape index (κ2) is 10.1. The SMILES string of the molecule is CCCCOC1CCC(c2ccc(-c3ccc(OCC)c(F)c3F)c(F)c2)CO1. The summed E-state index contributed by atoms with van der Waals surface area (Å²) in [6.07, 6.45) is 3.43. The van der Waals surface area contributed by atoms with E-state index in [4.69, 9.17) is 14.2 Å². The van der Waals surface area contributed by atoms with Crippen molar-refractivity contribution >= 4 is 0 Å². The monoisotopic (exact) mass is 408 g/mol. The Kier molecular flexibility index (Phi) is 7.56. The molecule has 1 fully saturated rings. The average Bonchev–Trinajstić information content (AvgIpc) is 2.73. The van der Waals surface area contributed by atoms with Crippen LogP contribution in [0, 0.1) is 17.5 Å². The molecule has 6 heteroatoms. The van der Waals surface area contributed by atoms with Crippen LogP contribution in [0.25, 0.3) is 11.1 Å².